The van der Waals surface area contributed by atoms with Crippen molar-refractivity contribution >= 4 is 12.6 Å². The van der Waals surface area contributed by atoms with Gasteiger partial charge in [-0.05, 0) is 41.3 Å². The predicted octanol–water partition coefficient (Wildman–Crippen LogP) is 8.35. The molecular formula is C28H34O2S. The lowest BCUT2D eigenvalue weighted by molar-refractivity contribution is 0.296. The molecule has 3 aromatic carbocycles. The van der Waals surface area contributed by atoms with Gasteiger partial charge in [0.05, 0.1) is 11.5 Å². The van der Waals surface area contributed by atoms with E-state index in [1.165, 1.54) is 38.5 Å². The summed E-state index contributed by atoms with van der Waals surface area (Å²) in [6, 6.07) is 24.5. The molecule has 164 valence electrons. The molecule has 0 atom stereocenters. The minimum atomic E-state index is 0.504. The van der Waals surface area contributed by atoms with Crippen LogP contribution in [0.5, 0.6) is 11.5 Å². The Labute approximate surface area is 193 Å². The Morgan fingerprint density at radius 3 is 2.13 bits per heavy atom. The Morgan fingerprint density at radius 2 is 1.39 bits per heavy atom. The van der Waals surface area contributed by atoms with Gasteiger partial charge in [-0.3, -0.25) is 0 Å². The van der Waals surface area contributed by atoms with Gasteiger partial charge in [-0.1, -0.05) is 100 Å². The van der Waals surface area contributed by atoms with Crippen molar-refractivity contribution < 1.29 is 9.47 Å². The number of hydrogen-bond acceptors (Lipinski definition) is 3. The minimum absolute atomic E-state index is 0.504. The Balaban J connectivity index is 1.44. The highest BCUT2D eigenvalue weighted by atomic mass is 32.1. The zero-order valence-corrected chi connectivity index (χ0v) is 19.5. The van der Waals surface area contributed by atoms with Crippen LogP contribution < -0.4 is 9.47 Å². The largest absolute Gasteiger partial charge is 0.494 e. The Hall–Kier alpha value is -2.39. The molecule has 3 heteroatoms. The van der Waals surface area contributed by atoms with Crippen molar-refractivity contribution in [2.45, 2.75) is 63.4 Å². The standard InChI is InChI=1S/C28H34O2S/c1-2-3-4-5-6-7-11-21-29-25-19-17-23(18-20-25)22-30-27-16-12-15-26(28(27)31)24-13-9-8-10-14-24/h8-10,12-20,31H,2-7,11,21-22H2,1H3. The third-order valence-electron chi connectivity index (χ3n) is 5.42. The summed E-state index contributed by atoms with van der Waals surface area (Å²) in [7, 11) is 0. The first kappa shape index (κ1) is 23.3. The fourth-order valence-electron chi connectivity index (χ4n) is 3.58. The molecule has 2 nitrogen and oxygen atoms in total. The Kier molecular flexibility index (Phi) is 9.85. The maximum atomic E-state index is 6.06. The summed E-state index contributed by atoms with van der Waals surface area (Å²) >= 11 is 4.72. The summed E-state index contributed by atoms with van der Waals surface area (Å²) in [5.74, 6) is 1.72. The van der Waals surface area contributed by atoms with Crippen LogP contribution in [-0.4, -0.2) is 6.61 Å². The number of ether oxygens (including phenoxy) is 2. The van der Waals surface area contributed by atoms with Gasteiger partial charge in [0.15, 0.2) is 0 Å². The van der Waals surface area contributed by atoms with Gasteiger partial charge < -0.3 is 9.47 Å². The molecule has 0 aromatic heterocycles. The summed E-state index contributed by atoms with van der Waals surface area (Å²) in [4.78, 5) is 0.864. The van der Waals surface area contributed by atoms with E-state index in [-0.39, 0.29) is 0 Å². The topological polar surface area (TPSA) is 18.5 Å². The third-order valence-corrected chi connectivity index (χ3v) is 5.88. The SMILES string of the molecule is CCCCCCCCCOc1ccc(COc2cccc(-c3ccccc3)c2S)cc1. The van der Waals surface area contributed by atoms with Crippen molar-refractivity contribution in [2.75, 3.05) is 6.61 Å². The molecule has 0 radical (unpaired) electrons. The lowest BCUT2D eigenvalue weighted by atomic mass is 10.1. The first-order valence-electron chi connectivity index (χ1n) is 11.5. The van der Waals surface area contributed by atoms with Crippen molar-refractivity contribution in [3.05, 3.63) is 78.4 Å². The van der Waals surface area contributed by atoms with E-state index < -0.39 is 0 Å². The first-order valence-corrected chi connectivity index (χ1v) is 11.9. The van der Waals surface area contributed by atoms with Gasteiger partial charge in [0.25, 0.3) is 0 Å². The molecule has 0 N–H and O–H groups in total. The van der Waals surface area contributed by atoms with Gasteiger partial charge in [-0.15, -0.1) is 12.6 Å². The molecule has 3 aromatic rings. The number of hydrogen-bond donors (Lipinski definition) is 1. The molecule has 0 aliphatic heterocycles. The monoisotopic (exact) mass is 434 g/mol. The van der Waals surface area contributed by atoms with Crippen molar-refractivity contribution in [1.82, 2.24) is 0 Å². The maximum Gasteiger partial charge on any atom is 0.133 e. The van der Waals surface area contributed by atoms with Crippen LogP contribution in [0.2, 0.25) is 0 Å². The zero-order chi connectivity index (χ0) is 21.7. The van der Waals surface area contributed by atoms with Crippen LogP contribution in [0.3, 0.4) is 0 Å². The number of unbranched alkanes of at least 4 members (excludes halogenated alkanes) is 6. The second-order valence-electron chi connectivity index (χ2n) is 7.92. The van der Waals surface area contributed by atoms with Gasteiger partial charge in [0, 0.05) is 0 Å². The van der Waals surface area contributed by atoms with E-state index in [0.29, 0.717) is 6.61 Å². The zero-order valence-electron chi connectivity index (χ0n) is 18.6. The fourth-order valence-corrected chi connectivity index (χ4v) is 3.92. The maximum absolute atomic E-state index is 6.06. The van der Waals surface area contributed by atoms with E-state index in [1.807, 2.05) is 42.5 Å². The molecule has 0 fully saturated rings. The fraction of sp³-hybridized carbons (Fsp3) is 0.357. The van der Waals surface area contributed by atoms with Crippen molar-refractivity contribution in [3.63, 3.8) is 0 Å². The second-order valence-corrected chi connectivity index (χ2v) is 8.37. The molecule has 0 saturated heterocycles. The highest BCUT2D eigenvalue weighted by Crippen LogP contribution is 2.34. The van der Waals surface area contributed by atoms with E-state index in [4.69, 9.17) is 22.1 Å². The van der Waals surface area contributed by atoms with Gasteiger partial charge in [0.1, 0.15) is 18.1 Å². The molecule has 3 rings (SSSR count). The van der Waals surface area contributed by atoms with Crippen LogP contribution in [0.4, 0.5) is 0 Å². The van der Waals surface area contributed by atoms with Gasteiger partial charge in [-0.2, -0.15) is 0 Å². The molecule has 0 amide bonds. The average Bonchev–Trinajstić information content (AvgIpc) is 2.81. The smallest absolute Gasteiger partial charge is 0.133 e. The van der Waals surface area contributed by atoms with Crippen LogP contribution in [0, 0.1) is 0 Å². The summed E-state index contributed by atoms with van der Waals surface area (Å²) < 4.78 is 11.9. The van der Waals surface area contributed by atoms with Gasteiger partial charge in [0.2, 0.25) is 0 Å². The Bertz CT molecular complexity index is 891. The van der Waals surface area contributed by atoms with Gasteiger partial charge >= 0.3 is 0 Å². The van der Waals surface area contributed by atoms with Crippen LogP contribution in [0.15, 0.2) is 77.7 Å². The average molecular weight is 435 g/mol. The van der Waals surface area contributed by atoms with Crippen LogP contribution in [0.25, 0.3) is 11.1 Å². The first-order chi connectivity index (χ1) is 15.3. The summed E-state index contributed by atoms with van der Waals surface area (Å²) in [6.07, 6.45) is 9.08. The van der Waals surface area contributed by atoms with E-state index in [0.717, 1.165) is 46.1 Å². The number of benzene rings is 3. The lowest BCUT2D eigenvalue weighted by Gasteiger charge is -2.13. The molecule has 0 aliphatic carbocycles. The van der Waals surface area contributed by atoms with Crippen LogP contribution in [0.1, 0.15) is 57.4 Å². The van der Waals surface area contributed by atoms with Crippen molar-refractivity contribution in [1.29, 1.82) is 0 Å². The minimum Gasteiger partial charge on any atom is -0.494 e. The lowest BCUT2D eigenvalue weighted by Crippen LogP contribution is -1.99. The van der Waals surface area contributed by atoms with Gasteiger partial charge in [-0.25, -0.2) is 0 Å². The summed E-state index contributed by atoms with van der Waals surface area (Å²) in [5.41, 5.74) is 3.33. The van der Waals surface area contributed by atoms with Crippen molar-refractivity contribution in [2.24, 2.45) is 0 Å². The Morgan fingerprint density at radius 1 is 0.677 bits per heavy atom. The molecule has 0 aliphatic rings. The van der Waals surface area contributed by atoms with E-state index >= 15 is 0 Å². The van der Waals surface area contributed by atoms with Crippen LogP contribution in [-0.2, 0) is 6.61 Å². The number of thiol groups is 1. The van der Waals surface area contributed by atoms with Crippen molar-refractivity contribution in [3.8, 4) is 22.6 Å². The van der Waals surface area contributed by atoms with E-state index in [9.17, 15) is 0 Å². The highest BCUT2D eigenvalue weighted by Gasteiger charge is 2.08. The molecule has 31 heavy (non-hydrogen) atoms. The third kappa shape index (κ3) is 7.66. The molecule has 0 spiro atoms. The summed E-state index contributed by atoms with van der Waals surface area (Å²) in [5, 5.41) is 0. The van der Waals surface area contributed by atoms with E-state index in [2.05, 4.69) is 37.3 Å². The normalized spacial score (nSPS) is 10.8. The van der Waals surface area contributed by atoms with E-state index in [1.54, 1.807) is 0 Å². The summed E-state index contributed by atoms with van der Waals surface area (Å²) in [6.45, 7) is 3.55. The molecular weight excluding hydrogens is 400 g/mol. The second kappa shape index (κ2) is 13.1. The van der Waals surface area contributed by atoms with Crippen LogP contribution >= 0.6 is 12.6 Å². The molecule has 0 heterocycles. The predicted molar refractivity (Wildman–Crippen MR) is 133 cm³/mol. The molecule has 0 unspecified atom stereocenters. The molecule has 0 bridgehead atoms. The molecule has 0 saturated carbocycles. The number of rotatable bonds is 13. The highest BCUT2D eigenvalue weighted by molar-refractivity contribution is 7.80. The quantitative estimate of drug-likeness (QED) is 0.215.